The lowest BCUT2D eigenvalue weighted by atomic mass is 9.81. The smallest absolute Gasteiger partial charge is 0.244 e. The van der Waals surface area contributed by atoms with Crippen LogP contribution >= 0.6 is 0 Å². The van der Waals surface area contributed by atoms with Crippen LogP contribution < -0.4 is 10.5 Å². The average molecular weight is 258 g/mol. The molecule has 0 atom stereocenters. The number of hydrogen-bond donors (Lipinski definition) is 3. The Hall–Kier alpha value is -0.920. The minimum absolute atomic E-state index is 0.238. The molecule has 0 saturated heterocycles. The summed E-state index contributed by atoms with van der Waals surface area (Å²) in [5.41, 5.74) is 6.73. The molecular weight excluding hydrogens is 240 g/mol. The molecule has 1 heterocycles. The van der Waals surface area contributed by atoms with Crippen LogP contribution in [0.25, 0.3) is 0 Å². The van der Waals surface area contributed by atoms with Gasteiger partial charge in [0.25, 0.3) is 0 Å². The van der Waals surface area contributed by atoms with Crippen LogP contribution in [-0.4, -0.2) is 31.2 Å². The van der Waals surface area contributed by atoms with Crippen LogP contribution in [-0.2, 0) is 10.0 Å². The number of nitrogens with zero attached hydrogens (tertiary/aromatic N) is 1. The fraction of sp³-hybridized carbons (Fsp3) is 0.700. The van der Waals surface area contributed by atoms with Crippen molar-refractivity contribution in [1.82, 2.24) is 14.9 Å². The number of aryl methyl sites for hydroxylation is 2. The van der Waals surface area contributed by atoms with Crippen molar-refractivity contribution in [3.8, 4) is 0 Å². The van der Waals surface area contributed by atoms with Gasteiger partial charge in [0.05, 0.1) is 11.4 Å². The van der Waals surface area contributed by atoms with E-state index < -0.39 is 10.0 Å². The Morgan fingerprint density at radius 3 is 2.59 bits per heavy atom. The third-order valence-corrected chi connectivity index (χ3v) is 4.85. The van der Waals surface area contributed by atoms with E-state index in [4.69, 9.17) is 5.73 Å². The summed E-state index contributed by atoms with van der Waals surface area (Å²) in [6.07, 6.45) is 1.79. The molecule has 0 aromatic carbocycles. The van der Waals surface area contributed by atoms with Crippen molar-refractivity contribution in [1.29, 1.82) is 0 Å². The van der Waals surface area contributed by atoms with Gasteiger partial charge in [-0.25, -0.2) is 13.1 Å². The Morgan fingerprint density at radius 2 is 2.12 bits per heavy atom. The molecule has 1 aliphatic carbocycles. The minimum Gasteiger partial charge on any atom is -0.328 e. The first-order chi connectivity index (χ1) is 7.90. The average Bonchev–Trinajstić information content (AvgIpc) is 2.52. The van der Waals surface area contributed by atoms with Crippen molar-refractivity contribution in [2.45, 2.75) is 37.6 Å². The second kappa shape index (κ2) is 4.40. The maximum atomic E-state index is 12.1. The van der Waals surface area contributed by atoms with Crippen molar-refractivity contribution in [3.63, 3.8) is 0 Å². The molecule has 17 heavy (non-hydrogen) atoms. The third-order valence-electron chi connectivity index (χ3n) is 3.16. The highest BCUT2D eigenvalue weighted by Crippen LogP contribution is 2.25. The molecule has 0 amide bonds. The summed E-state index contributed by atoms with van der Waals surface area (Å²) < 4.78 is 26.7. The van der Waals surface area contributed by atoms with Crippen molar-refractivity contribution in [2.24, 2.45) is 11.7 Å². The number of hydrogen-bond acceptors (Lipinski definition) is 4. The van der Waals surface area contributed by atoms with E-state index in [0.717, 1.165) is 12.8 Å². The van der Waals surface area contributed by atoms with Gasteiger partial charge in [0.2, 0.25) is 10.0 Å². The van der Waals surface area contributed by atoms with E-state index in [-0.39, 0.29) is 10.9 Å². The van der Waals surface area contributed by atoms with Crippen LogP contribution in [0.1, 0.15) is 24.2 Å². The molecule has 0 radical (unpaired) electrons. The molecular formula is C10H18N4O2S. The molecule has 4 N–H and O–H groups in total. The summed E-state index contributed by atoms with van der Waals surface area (Å²) in [5.74, 6) is 0.368. The Morgan fingerprint density at radius 1 is 1.47 bits per heavy atom. The second-order valence-electron chi connectivity index (χ2n) is 4.71. The zero-order chi connectivity index (χ0) is 12.6. The highest BCUT2D eigenvalue weighted by molar-refractivity contribution is 7.89. The van der Waals surface area contributed by atoms with E-state index >= 15 is 0 Å². The standard InChI is InChI=1S/C10H18N4O2S/c1-6-10(7(2)14-13-6)17(15,16)12-5-8-3-9(11)4-8/h8-9,12H,3-5,11H2,1-2H3,(H,13,14). The number of sulfonamides is 1. The highest BCUT2D eigenvalue weighted by atomic mass is 32.2. The number of nitrogens with one attached hydrogen (secondary N) is 2. The molecule has 1 saturated carbocycles. The summed E-state index contributed by atoms with van der Waals surface area (Å²) in [7, 11) is -3.45. The number of nitrogens with two attached hydrogens (primary N) is 1. The van der Waals surface area contributed by atoms with Gasteiger partial charge in [-0.2, -0.15) is 5.10 Å². The predicted octanol–water partition coefficient (Wildman–Crippen LogP) is 0.0421. The highest BCUT2D eigenvalue weighted by Gasteiger charge is 2.28. The molecule has 1 aromatic rings. The van der Waals surface area contributed by atoms with Gasteiger partial charge < -0.3 is 5.73 Å². The van der Waals surface area contributed by atoms with E-state index in [2.05, 4.69) is 14.9 Å². The zero-order valence-electron chi connectivity index (χ0n) is 10.0. The van der Waals surface area contributed by atoms with Gasteiger partial charge in [0.1, 0.15) is 4.90 Å². The SMILES string of the molecule is Cc1n[nH]c(C)c1S(=O)(=O)NCC1CC(N)C1. The summed E-state index contributed by atoms with van der Waals surface area (Å²) in [5, 5.41) is 6.57. The first kappa shape index (κ1) is 12.5. The predicted molar refractivity (Wildman–Crippen MR) is 63.9 cm³/mol. The maximum Gasteiger partial charge on any atom is 0.244 e. The monoisotopic (exact) mass is 258 g/mol. The topological polar surface area (TPSA) is 101 Å². The normalized spacial score (nSPS) is 24.6. The third kappa shape index (κ3) is 2.51. The first-order valence-electron chi connectivity index (χ1n) is 5.67. The molecule has 0 unspecified atom stereocenters. The molecule has 1 fully saturated rings. The summed E-state index contributed by atoms with van der Waals surface area (Å²) >= 11 is 0. The van der Waals surface area contributed by atoms with Gasteiger partial charge in [-0.15, -0.1) is 0 Å². The molecule has 6 nitrogen and oxygen atoms in total. The van der Waals surface area contributed by atoms with Gasteiger partial charge >= 0.3 is 0 Å². The fourth-order valence-electron chi connectivity index (χ4n) is 2.19. The number of aromatic nitrogens is 2. The van der Waals surface area contributed by atoms with Crippen LogP contribution in [0.5, 0.6) is 0 Å². The Labute approximate surface area is 101 Å². The van der Waals surface area contributed by atoms with E-state index in [9.17, 15) is 8.42 Å². The number of aromatic amines is 1. The molecule has 2 rings (SSSR count). The van der Waals surface area contributed by atoms with Crippen LogP contribution in [0.15, 0.2) is 4.90 Å². The molecule has 0 aliphatic heterocycles. The molecule has 96 valence electrons. The van der Waals surface area contributed by atoms with Crippen molar-refractivity contribution < 1.29 is 8.42 Å². The van der Waals surface area contributed by atoms with Gasteiger partial charge in [0, 0.05) is 12.6 Å². The van der Waals surface area contributed by atoms with Crippen LogP contribution in [0.4, 0.5) is 0 Å². The van der Waals surface area contributed by atoms with E-state index in [0.29, 0.717) is 23.9 Å². The Bertz CT molecular complexity index is 483. The summed E-state index contributed by atoms with van der Waals surface area (Å²) in [4.78, 5) is 0.265. The number of rotatable bonds is 4. The fourth-order valence-corrected chi connectivity index (χ4v) is 3.67. The molecule has 1 aromatic heterocycles. The van der Waals surface area contributed by atoms with E-state index in [1.54, 1.807) is 13.8 Å². The zero-order valence-corrected chi connectivity index (χ0v) is 10.8. The van der Waals surface area contributed by atoms with Crippen LogP contribution in [0.2, 0.25) is 0 Å². The molecule has 1 aliphatic rings. The Balaban J connectivity index is 2.04. The maximum absolute atomic E-state index is 12.1. The van der Waals surface area contributed by atoms with Gasteiger partial charge in [-0.1, -0.05) is 0 Å². The Kier molecular flexibility index (Phi) is 3.24. The van der Waals surface area contributed by atoms with E-state index in [1.807, 2.05) is 0 Å². The quantitative estimate of drug-likeness (QED) is 0.710. The summed E-state index contributed by atoms with van der Waals surface area (Å²) in [6.45, 7) is 3.84. The van der Waals surface area contributed by atoms with Gasteiger partial charge in [0.15, 0.2) is 0 Å². The lowest BCUT2D eigenvalue weighted by Gasteiger charge is -2.32. The van der Waals surface area contributed by atoms with Crippen LogP contribution in [0.3, 0.4) is 0 Å². The largest absolute Gasteiger partial charge is 0.328 e. The van der Waals surface area contributed by atoms with Crippen molar-refractivity contribution in [2.75, 3.05) is 6.54 Å². The minimum atomic E-state index is -3.45. The summed E-state index contributed by atoms with van der Waals surface area (Å²) in [6, 6.07) is 0.238. The molecule has 7 heteroatoms. The van der Waals surface area contributed by atoms with Gasteiger partial charge in [-0.3, -0.25) is 5.10 Å². The van der Waals surface area contributed by atoms with Gasteiger partial charge in [-0.05, 0) is 32.6 Å². The first-order valence-corrected chi connectivity index (χ1v) is 7.15. The van der Waals surface area contributed by atoms with E-state index in [1.165, 1.54) is 0 Å². The van der Waals surface area contributed by atoms with Crippen LogP contribution in [0, 0.1) is 19.8 Å². The second-order valence-corrected chi connectivity index (χ2v) is 6.42. The van der Waals surface area contributed by atoms with Crippen molar-refractivity contribution in [3.05, 3.63) is 11.4 Å². The van der Waals surface area contributed by atoms with Crippen molar-refractivity contribution >= 4 is 10.0 Å². The number of H-pyrrole nitrogens is 1. The lowest BCUT2D eigenvalue weighted by Crippen LogP contribution is -2.42. The lowest BCUT2D eigenvalue weighted by molar-refractivity contribution is 0.267. The molecule has 0 bridgehead atoms. The molecule has 0 spiro atoms.